The van der Waals surface area contributed by atoms with Crippen molar-refractivity contribution in [2.75, 3.05) is 0 Å². The molecule has 114 valence electrons. The molecule has 0 atom stereocenters. The molecule has 1 aliphatic rings. The van der Waals surface area contributed by atoms with Crippen molar-refractivity contribution in [3.05, 3.63) is 33.2 Å². The van der Waals surface area contributed by atoms with Crippen molar-refractivity contribution in [1.29, 1.82) is 0 Å². The van der Waals surface area contributed by atoms with Gasteiger partial charge in [0, 0.05) is 23.2 Å². The lowest BCUT2D eigenvalue weighted by atomic mass is 9.93. The van der Waals surface area contributed by atoms with Crippen LogP contribution in [0.4, 0.5) is 0 Å². The van der Waals surface area contributed by atoms with E-state index >= 15 is 0 Å². The summed E-state index contributed by atoms with van der Waals surface area (Å²) in [4.78, 5) is 39.0. The van der Waals surface area contributed by atoms with Crippen LogP contribution in [0.25, 0.3) is 0 Å². The Morgan fingerprint density at radius 2 is 2.05 bits per heavy atom. The number of pyridine rings is 1. The summed E-state index contributed by atoms with van der Waals surface area (Å²) < 4.78 is 0. The van der Waals surface area contributed by atoms with Gasteiger partial charge in [-0.1, -0.05) is 13.3 Å². The monoisotopic (exact) mass is 290 g/mol. The van der Waals surface area contributed by atoms with Crippen molar-refractivity contribution in [3.63, 3.8) is 0 Å². The Kier molecular flexibility index (Phi) is 4.30. The number of fused-ring (bicyclic) bond motifs is 1. The normalized spacial score (nSPS) is 14.7. The van der Waals surface area contributed by atoms with E-state index in [0.29, 0.717) is 24.1 Å². The van der Waals surface area contributed by atoms with Gasteiger partial charge in [0.05, 0.1) is 0 Å². The van der Waals surface area contributed by atoms with E-state index in [1.807, 2.05) is 20.8 Å². The minimum absolute atomic E-state index is 0.00521. The molecule has 0 fully saturated rings. The van der Waals surface area contributed by atoms with E-state index in [4.69, 9.17) is 0 Å². The molecule has 2 N–H and O–H groups in total. The van der Waals surface area contributed by atoms with E-state index in [1.165, 1.54) is 6.07 Å². The molecule has 0 saturated heterocycles. The summed E-state index contributed by atoms with van der Waals surface area (Å²) in [5.74, 6) is -0.426. The number of ketones is 1. The van der Waals surface area contributed by atoms with Gasteiger partial charge in [-0.05, 0) is 39.2 Å². The Labute approximate surface area is 124 Å². The molecule has 1 aromatic rings. The lowest BCUT2D eigenvalue weighted by molar-refractivity contribution is 0.0907. The molecule has 1 aliphatic carbocycles. The summed E-state index contributed by atoms with van der Waals surface area (Å²) in [6.07, 6.45) is 3.66. The number of hydrogen-bond acceptors (Lipinski definition) is 3. The zero-order valence-electron chi connectivity index (χ0n) is 12.8. The second-order valence-corrected chi connectivity index (χ2v) is 6.27. The van der Waals surface area contributed by atoms with Crippen LogP contribution in [0.1, 0.15) is 72.9 Å². The van der Waals surface area contributed by atoms with Gasteiger partial charge >= 0.3 is 0 Å². The molecule has 21 heavy (non-hydrogen) atoms. The Morgan fingerprint density at radius 1 is 1.33 bits per heavy atom. The molecule has 5 heteroatoms. The van der Waals surface area contributed by atoms with Crippen molar-refractivity contribution >= 4 is 11.7 Å². The largest absolute Gasteiger partial charge is 0.347 e. The van der Waals surface area contributed by atoms with Crippen LogP contribution >= 0.6 is 0 Å². The topological polar surface area (TPSA) is 79.0 Å². The molecular formula is C16H22N2O3. The molecule has 2 rings (SSSR count). The predicted molar refractivity (Wildman–Crippen MR) is 80.8 cm³/mol. The fraction of sp³-hybridized carbons (Fsp3) is 0.562. The summed E-state index contributed by atoms with van der Waals surface area (Å²) in [6, 6.07) is 1.45. The van der Waals surface area contributed by atoms with Gasteiger partial charge in [-0.15, -0.1) is 0 Å². The number of Topliss-reactive ketones (excluding diaryl/α,β-unsaturated/α-hetero) is 1. The standard InChI is InChI=1S/C16H22N2O3/c1-4-8-16(2,3)18-15(21)11-9-10-12(17-14(11)20)6-5-7-13(10)19/h9H,4-8H2,1-3H3,(H,17,20)(H,18,21). The van der Waals surface area contributed by atoms with Crippen molar-refractivity contribution in [2.45, 2.75) is 58.4 Å². The molecule has 1 aromatic heterocycles. The van der Waals surface area contributed by atoms with E-state index in [1.54, 1.807) is 0 Å². The summed E-state index contributed by atoms with van der Waals surface area (Å²) >= 11 is 0. The first kappa shape index (κ1) is 15.5. The van der Waals surface area contributed by atoms with Crippen LogP contribution < -0.4 is 10.9 Å². The Morgan fingerprint density at radius 3 is 2.71 bits per heavy atom. The maximum Gasteiger partial charge on any atom is 0.261 e. The minimum Gasteiger partial charge on any atom is -0.347 e. The molecule has 0 radical (unpaired) electrons. The maximum absolute atomic E-state index is 12.3. The Balaban J connectivity index is 2.32. The van der Waals surface area contributed by atoms with Crippen LogP contribution in [0.2, 0.25) is 0 Å². The zero-order valence-corrected chi connectivity index (χ0v) is 12.8. The fourth-order valence-electron chi connectivity index (χ4n) is 2.81. The second-order valence-electron chi connectivity index (χ2n) is 6.27. The molecule has 0 saturated carbocycles. The highest BCUT2D eigenvalue weighted by Crippen LogP contribution is 2.19. The summed E-state index contributed by atoms with van der Waals surface area (Å²) in [5.41, 5.74) is 0.361. The van der Waals surface area contributed by atoms with Gasteiger partial charge in [-0.2, -0.15) is 0 Å². The quantitative estimate of drug-likeness (QED) is 0.892. The number of aryl methyl sites for hydroxylation is 1. The smallest absolute Gasteiger partial charge is 0.261 e. The third-order valence-corrected chi connectivity index (χ3v) is 3.83. The Bertz CT molecular complexity index is 629. The van der Waals surface area contributed by atoms with Crippen molar-refractivity contribution in [1.82, 2.24) is 10.3 Å². The van der Waals surface area contributed by atoms with Crippen LogP contribution in [-0.4, -0.2) is 22.2 Å². The van der Waals surface area contributed by atoms with E-state index < -0.39 is 11.5 Å². The van der Waals surface area contributed by atoms with E-state index in [-0.39, 0.29) is 16.9 Å². The third kappa shape index (κ3) is 3.40. The van der Waals surface area contributed by atoms with Gasteiger partial charge in [0.25, 0.3) is 11.5 Å². The number of carbonyl (C=O) groups is 2. The SMILES string of the molecule is CCCC(C)(C)NC(=O)c1cc2c([nH]c1=O)CCCC2=O. The highest BCUT2D eigenvalue weighted by Gasteiger charge is 2.25. The highest BCUT2D eigenvalue weighted by atomic mass is 16.2. The van der Waals surface area contributed by atoms with Crippen LogP contribution in [-0.2, 0) is 6.42 Å². The number of rotatable bonds is 4. The predicted octanol–water partition coefficient (Wildman–Crippen LogP) is 2.20. The average molecular weight is 290 g/mol. The molecule has 1 heterocycles. The number of carbonyl (C=O) groups excluding carboxylic acids is 2. The van der Waals surface area contributed by atoms with E-state index in [9.17, 15) is 14.4 Å². The second kappa shape index (κ2) is 5.84. The summed E-state index contributed by atoms with van der Waals surface area (Å²) in [6.45, 7) is 5.89. The molecule has 0 spiro atoms. The Hall–Kier alpha value is -1.91. The number of nitrogens with one attached hydrogen (secondary N) is 2. The van der Waals surface area contributed by atoms with Gasteiger partial charge < -0.3 is 10.3 Å². The van der Waals surface area contributed by atoms with Gasteiger partial charge in [-0.3, -0.25) is 14.4 Å². The molecule has 0 aliphatic heterocycles. The molecule has 0 bridgehead atoms. The minimum atomic E-state index is -0.423. The van der Waals surface area contributed by atoms with Crippen molar-refractivity contribution < 1.29 is 9.59 Å². The first-order valence-corrected chi connectivity index (χ1v) is 7.46. The lowest BCUT2D eigenvalue weighted by Gasteiger charge is -2.25. The number of amides is 1. The van der Waals surface area contributed by atoms with Crippen molar-refractivity contribution in [2.24, 2.45) is 0 Å². The first-order valence-electron chi connectivity index (χ1n) is 7.46. The molecule has 0 aromatic carbocycles. The first-order chi connectivity index (χ1) is 9.84. The maximum atomic E-state index is 12.3. The highest BCUT2D eigenvalue weighted by molar-refractivity contribution is 6.01. The zero-order chi connectivity index (χ0) is 15.6. The molecule has 5 nitrogen and oxygen atoms in total. The number of H-pyrrole nitrogens is 1. The average Bonchev–Trinajstić information content (AvgIpc) is 2.37. The number of aromatic nitrogens is 1. The summed E-state index contributed by atoms with van der Waals surface area (Å²) in [7, 11) is 0. The van der Waals surface area contributed by atoms with Crippen molar-refractivity contribution in [3.8, 4) is 0 Å². The van der Waals surface area contributed by atoms with Gasteiger partial charge in [-0.25, -0.2) is 0 Å². The number of aromatic amines is 1. The molecular weight excluding hydrogens is 268 g/mol. The fourth-order valence-corrected chi connectivity index (χ4v) is 2.81. The van der Waals surface area contributed by atoms with Gasteiger partial charge in [0.1, 0.15) is 5.56 Å². The number of hydrogen-bond donors (Lipinski definition) is 2. The molecule has 0 unspecified atom stereocenters. The van der Waals surface area contributed by atoms with Crippen LogP contribution in [0.3, 0.4) is 0 Å². The van der Waals surface area contributed by atoms with E-state index in [0.717, 1.165) is 19.3 Å². The van der Waals surface area contributed by atoms with Gasteiger partial charge in [0.2, 0.25) is 0 Å². The van der Waals surface area contributed by atoms with Crippen LogP contribution in [0.5, 0.6) is 0 Å². The summed E-state index contributed by atoms with van der Waals surface area (Å²) in [5, 5.41) is 2.87. The molecule has 1 amide bonds. The van der Waals surface area contributed by atoms with Crippen LogP contribution in [0.15, 0.2) is 10.9 Å². The lowest BCUT2D eigenvalue weighted by Crippen LogP contribution is -2.45. The van der Waals surface area contributed by atoms with Gasteiger partial charge in [0.15, 0.2) is 5.78 Å². The van der Waals surface area contributed by atoms with Crippen LogP contribution in [0, 0.1) is 0 Å². The van der Waals surface area contributed by atoms with E-state index in [2.05, 4.69) is 10.3 Å². The third-order valence-electron chi connectivity index (χ3n) is 3.83.